The van der Waals surface area contributed by atoms with E-state index < -0.39 is 15.8 Å². The van der Waals surface area contributed by atoms with E-state index in [1.54, 1.807) is 0 Å². The van der Waals surface area contributed by atoms with Crippen LogP contribution in [0.15, 0.2) is 6.08 Å². The summed E-state index contributed by atoms with van der Waals surface area (Å²) in [6.07, 6.45) is 16.1. The second-order valence-corrected chi connectivity index (χ2v) is 22.4. The van der Waals surface area contributed by atoms with Crippen molar-refractivity contribution in [2.24, 2.45) is 0 Å². The predicted octanol–water partition coefficient (Wildman–Crippen LogP) is 9.41. The van der Waals surface area contributed by atoms with Crippen molar-refractivity contribution < 1.29 is 20.1 Å². The van der Waals surface area contributed by atoms with Crippen molar-refractivity contribution in [2.75, 3.05) is 25.4 Å². The van der Waals surface area contributed by atoms with Crippen LogP contribution in [0, 0.1) is 6.08 Å². The van der Waals surface area contributed by atoms with E-state index in [0.29, 0.717) is 20.6 Å². The van der Waals surface area contributed by atoms with Crippen molar-refractivity contribution in [2.45, 2.75) is 142 Å². The minimum atomic E-state index is -0.418. The third-order valence-electron chi connectivity index (χ3n) is 6.23. The molecule has 0 saturated heterocycles. The number of hydrogen-bond acceptors (Lipinski definition) is 0. The van der Waals surface area contributed by atoms with E-state index in [-0.39, 0.29) is 20.1 Å². The number of hydrogen-bond donors (Lipinski definition) is 0. The molecule has 194 valence electrons. The predicted molar refractivity (Wildman–Crippen MR) is 155 cm³/mol. The van der Waals surface area contributed by atoms with E-state index in [4.69, 9.17) is 5.32 Å². The van der Waals surface area contributed by atoms with Crippen molar-refractivity contribution in [3.05, 3.63) is 17.5 Å². The Bertz CT molecular complexity index is 418. The van der Waals surface area contributed by atoms with E-state index in [2.05, 4.69) is 95.2 Å². The zero-order valence-electron chi connectivity index (χ0n) is 23.9. The van der Waals surface area contributed by atoms with Crippen LogP contribution in [0.25, 0.3) is 5.32 Å². The zero-order chi connectivity index (χ0) is 24.3. The van der Waals surface area contributed by atoms with E-state index in [9.17, 15) is 0 Å². The van der Waals surface area contributed by atoms with Crippen LogP contribution >= 0.6 is 15.8 Å². The molecule has 0 fully saturated rings. The van der Waals surface area contributed by atoms with Crippen LogP contribution in [0.5, 0.6) is 0 Å². The molecule has 0 aromatic heterocycles. The Morgan fingerprint density at radius 2 is 1.00 bits per heavy atom. The molecule has 1 aliphatic carbocycles. The third kappa shape index (κ3) is 16.8. The first-order chi connectivity index (χ1) is 14.0. The molecule has 1 rings (SSSR count). The van der Waals surface area contributed by atoms with Crippen LogP contribution in [-0.4, -0.2) is 46.0 Å². The van der Waals surface area contributed by atoms with Crippen LogP contribution in [0.1, 0.15) is 122 Å². The summed E-state index contributed by atoms with van der Waals surface area (Å²) in [6, 6.07) is 0. The van der Waals surface area contributed by atoms with Crippen molar-refractivity contribution in [1.82, 2.24) is 0 Å². The van der Waals surface area contributed by atoms with Gasteiger partial charge in [-0.2, -0.15) is 6.42 Å². The molecule has 0 aromatic carbocycles. The summed E-state index contributed by atoms with van der Waals surface area (Å²) >= 11 is 0. The van der Waals surface area contributed by atoms with E-state index >= 15 is 0 Å². The van der Waals surface area contributed by atoms with Gasteiger partial charge >= 0.3 is 20.1 Å². The molecule has 0 N–H and O–H groups in total. The molecule has 0 aromatic rings. The first-order valence-corrected chi connectivity index (χ1v) is 16.3. The SMILES string of the molecule is CC(C)(C)[PH+](CC[N-]CC[PH+](C(C)(C)C)C(C)(C)C)C(C)(C)C.[C-]1=CCCCCCC1.[IrH+2]. The second-order valence-electron chi connectivity index (χ2n) is 13.5. The van der Waals surface area contributed by atoms with Crippen LogP contribution < -0.4 is 0 Å². The van der Waals surface area contributed by atoms with Gasteiger partial charge in [-0.15, -0.1) is 13.1 Å². The Balaban J connectivity index is 0. The Labute approximate surface area is 220 Å². The summed E-state index contributed by atoms with van der Waals surface area (Å²) in [6.45, 7) is 31.2. The van der Waals surface area contributed by atoms with Gasteiger partial charge in [-0.1, -0.05) is 32.1 Å². The normalized spacial score (nSPS) is 16.2. The van der Waals surface area contributed by atoms with Crippen molar-refractivity contribution in [3.8, 4) is 0 Å². The van der Waals surface area contributed by atoms with Gasteiger partial charge in [0.15, 0.2) is 0 Å². The monoisotopic (exact) mass is 665 g/mol. The fraction of sp³-hybridized carbons (Fsp3) is 0.929. The molecule has 0 saturated carbocycles. The molecule has 0 spiro atoms. The summed E-state index contributed by atoms with van der Waals surface area (Å²) in [5.41, 5.74) is 0. The Morgan fingerprint density at radius 3 is 1.38 bits per heavy atom. The van der Waals surface area contributed by atoms with Gasteiger partial charge in [0.2, 0.25) is 0 Å². The average molecular weight is 665 g/mol. The molecule has 0 aliphatic heterocycles. The quantitative estimate of drug-likeness (QED) is 0.153. The molecule has 1 aliphatic rings. The van der Waals surface area contributed by atoms with Gasteiger partial charge in [0.05, 0.1) is 20.6 Å². The van der Waals surface area contributed by atoms with E-state index in [1.165, 1.54) is 50.8 Å². The van der Waals surface area contributed by atoms with Gasteiger partial charge in [-0.05, 0) is 83.1 Å². The standard InChI is InChI=1S/C20H44NP2.C8H13.Ir.H/c1-17(2,3)22(18(4,5)6)15-13-21-14-16-23(19(7,8)9)20(10,11)12;1-2-4-6-8-7-5-3-1;;/h13-16H2,1-12H3;1H,2,4-8H2;;/q2*-1;+2;/p+2. The molecule has 0 heterocycles. The fourth-order valence-corrected chi connectivity index (χ4v) is 13.5. The first kappa shape index (κ1) is 35.4. The molecule has 32 heavy (non-hydrogen) atoms. The maximum atomic E-state index is 4.96. The summed E-state index contributed by atoms with van der Waals surface area (Å²) < 4.78 is 0. The Morgan fingerprint density at radius 1 is 0.625 bits per heavy atom. The van der Waals surface area contributed by atoms with Crippen LogP contribution in [0.2, 0.25) is 0 Å². The topological polar surface area (TPSA) is 14.1 Å². The molecule has 0 bridgehead atoms. The number of rotatable bonds is 6. The van der Waals surface area contributed by atoms with Crippen molar-refractivity contribution in [3.63, 3.8) is 0 Å². The van der Waals surface area contributed by atoms with Crippen LogP contribution in [0.4, 0.5) is 0 Å². The molecule has 0 atom stereocenters. The third-order valence-corrected chi connectivity index (χ3v) is 14.9. The summed E-state index contributed by atoms with van der Waals surface area (Å²) in [5.74, 6) is 0. The molecule has 1 nitrogen and oxygen atoms in total. The van der Waals surface area contributed by atoms with Crippen molar-refractivity contribution >= 4 is 15.8 Å². The Hall–Kier alpha value is 1.21. The van der Waals surface area contributed by atoms with E-state index in [0.717, 1.165) is 13.1 Å². The van der Waals surface area contributed by atoms with Gasteiger partial charge in [-0.3, -0.25) is 6.08 Å². The maximum absolute atomic E-state index is 4.96. The fourth-order valence-electron chi connectivity index (χ4n) is 5.27. The van der Waals surface area contributed by atoms with Crippen molar-refractivity contribution in [1.29, 1.82) is 0 Å². The molecule has 1 radical (unpaired) electrons. The van der Waals surface area contributed by atoms with Gasteiger partial charge in [0.25, 0.3) is 0 Å². The average Bonchev–Trinajstić information content (AvgIpc) is 2.48. The molecule has 0 amide bonds. The molecular formula is C28H60IrNP2+2. The summed E-state index contributed by atoms with van der Waals surface area (Å²) in [7, 11) is -0.835. The second kappa shape index (κ2) is 16.1. The van der Waals surface area contributed by atoms with E-state index in [1.807, 2.05) is 0 Å². The minimum absolute atomic E-state index is 0. The molecular weight excluding hydrogens is 604 g/mol. The number of allylic oxidation sites excluding steroid dienone is 2. The molecule has 4 heteroatoms. The van der Waals surface area contributed by atoms with Gasteiger partial charge in [0, 0.05) is 28.2 Å². The summed E-state index contributed by atoms with van der Waals surface area (Å²) in [4.78, 5) is 0. The number of nitrogens with zero attached hydrogens (tertiary/aromatic N) is 1. The van der Waals surface area contributed by atoms with Crippen LogP contribution in [0.3, 0.4) is 0 Å². The van der Waals surface area contributed by atoms with Gasteiger partial charge in [0.1, 0.15) is 0 Å². The van der Waals surface area contributed by atoms with Gasteiger partial charge < -0.3 is 11.4 Å². The molecule has 0 unspecified atom stereocenters. The summed E-state index contributed by atoms with van der Waals surface area (Å²) in [5, 5.41) is 6.81. The van der Waals surface area contributed by atoms with Gasteiger partial charge in [-0.25, -0.2) is 0 Å². The first-order valence-electron chi connectivity index (χ1n) is 12.9. The zero-order valence-corrected chi connectivity index (χ0v) is 28.5. The Kier molecular flexibility index (Phi) is 17.7. The van der Waals surface area contributed by atoms with Crippen LogP contribution in [-0.2, 0) is 20.1 Å².